The smallest absolute Gasteiger partial charge is 0.240 e. The van der Waals surface area contributed by atoms with E-state index in [1.54, 1.807) is 73.7 Å². The molecule has 32 heavy (non-hydrogen) atoms. The third-order valence-electron chi connectivity index (χ3n) is 5.37. The molecular weight excluding hydrogens is 426 g/mol. The summed E-state index contributed by atoms with van der Waals surface area (Å²) in [6, 6.07) is 20.8. The van der Waals surface area contributed by atoms with Gasteiger partial charge < -0.3 is 9.84 Å². The Labute approximate surface area is 188 Å². The molecule has 0 spiro atoms. The molecule has 2 N–H and O–H groups in total. The first-order chi connectivity index (χ1) is 15.2. The zero-order valence-corrected chi connectivity index (χ0v) is 19.0. The van der Waals surface area contributed by atoms with Gasteiger partial charge in [0.1, 0.15) is 5.75 Å². The van der Waals surface area contributed by atoms with Gasteiger partial charge in [-0.2, -0.15) is 0 Å². The van der Waals surface area contributed by atoms with Gasteiger partial charge >= 0.3 is 0 Å². The van der Waals surface area contributed by atoms with Crippen molar-refractivity contribution in [2.45, 2.75) is 30.9 Å². The molecule has 0 aliphatic heterocycles. The van der Waals surface area contributed by atoms with Crippen molar-refractivity contribution in [3.63, 3.8) is 0 Å². The van der Waals surface area contributed by atoms with Crippen molar-refractivity contribution in [3.8, 4) is 5.75 Å². The standard InChI is InChI=1S/C25H27NO5S/c1-17-9-15-22(16-10-17)32(29,30)26-18(2)23(24(27)19-7-5-4-6-8-19)25(28)20-11-13-21(31-3)14-12-20/h4-16,18,23,25-26,28H,1-3H3/t18-,23-,25+/m0/s1. The second-order valence-corrected chi connectivity index (χ2v) is 9.41. The second-order valence-electron chi connectivity index (χ2n) is 7.70. The van der Waals surface area contributed by atoms with Crippen LogP contribution in [0.25, 0.3) is 0 Å². The van der Waals surface area contributed by atoms with Gasteiger partial charge in [0, 0.05) is 11.6 Å². The average molecular weight is 454 g/mol. The van der Waals surface area contributed by atoms with E-state index in [0.717, 1.165) is 5.56 Å². The lowest BCUT2D eigenvalue weighted by molar-refractivity contribution is 0.0615. The zero-order chi connectivity index (χ0) is 23.3. The topological polar surface area (TPSA) is 92.7 Å². The lowest BCUT2D eigenvalue weighted by Crippen LogP contribution is -2.44. The van der Waals surface area contributed by atoms with E-state index in [-0.39, 0.29) is 10.7 Å². The molecule has 0 amide bonds. The van der Waals surface area contributed by atoms with Gasteiger partial charge in [0.15, 0.2) is 5.78 Å². The monoisotopic (exact) mass is 453 g/mol. The fourth-order valence-electron chi connectivity index (χ4n) is 3.55. The summed E-state index contributed by atoms with van der Waals surface area (Å²) in [6.07, 6.45) is -1.23. The molecule has 3 rings (SSSR count). The van der Waals surface area contributed by atoms with Crippen LogP contribution in [-0.4, -0.2) is 32.5 Å². The number of hydrogen-bond acceptors (Lipinski definition) is 5. The first-order valence-electron chi connectivity index (χ1n) is 10.2. The lowest BCUT2D eigenvalue weighted by Gasteiger charge is -2.28. The van der Waals surface area contributed by atoms with E-state index in [1.807, 2.05) is 6.92 Å². The Kier molecular flexibility index (Phi) is 7.45. The quantitative estimate of drug-likeness (QED) is 0.480. The van der Waals surface area contributed by atoms with Crippen molar-refractivity contribution in [1.29, 1.82) is 0 Å². The molecule has 0 unspecified atom stereocenters. The first kappa shape index (κ1) is 23.7. The van der Waals surface area contributed by atoms with Gasteiger partial charge in [-0.1, -0.05) is 60.2 Å². The molecule has 3 aromatic carbocycles. The van der Waals surface area contributed by atoms with Crippen molar-refractivity contribution >= 4 is 15.8 Å². The Morgan fingerprint density at radius 2 is 1.53 bits per heavy atom. The number of aliphatic hydroxyl groups excluding tert-OH is 1. The van der Waals surface area contributed by atoms with Crippen molar-refractivity contribution in [2.24, 2.45) is 5.92 Å². The number of carbonyl (C=O) groups is 1. The first-order valence-corrected chi connectivity index (χ1v) is 11.7. The zero-order valence-electron chi connectivity index (χ0n) is 18.2. The van der Waals surface area contributed by atoms with Crippen LogP contribution in [0.15, 0.2) is 83.8 Å². The number of aliphatic hydroxyl groups is 1. The number of rotatable bonds is 9. The molecule has 0 aromatic heterocycles. The minimum atomic E-state index is -3.90. The van der Waals surface area contributed by atoms with E-state index in [0.29, 0.717) is 16.9 Å². The predicted molar refractivity (Wildman–Crippen MR) is 123 cm³/mol. The van der Waals surface area contributed by atoms with Crippen LogP contribution in [0, 0.1) is 12.8 Å². The number of hydrogen-bond donors (Lipinski definition) is 2. The highest BCUT2D eigenvalue weighted by molar-refractivity contribution is 7.89. The fraction of sp³-hybridized carbons (Fsp3) is 0.240. The number of nitrogens with one attached hydrogen (secondary N) is 1. The van der Waals surface area contributed by atoms with Crippen LogP contribution in [0.3, 0.4) is 0 Å². The van der Waals surface area contributed by atoms with Gasteiger partial charge in [0.05, 0.1) is 24.0 Å². The molecule has 0 saturated heterocycles. The Bertz CT molecular complexity index is 1140. The maximum absolute atomic E-state index is 13.4. The van der Waals surface area contributed by atoms with Crippen molar-refractivity contribution in [3.05, 3.63) is 95.6 Å². The maximum Gasteiger partial charge on any atom is 0.240 e. The van der Waals surface area contributed by atoms with Crippen LogP contribution in [-0.2, 0) is 10.0 Å². The molecule has 0 bridgehead atoms. The van der Waals surface area contributed by atoms with Gasteiger partial charge in [-0.15, -0.1) is 0 Å². The number of Topliss-reactive ketones (excluding diaryl/α,β-unsaturated/α-hetero) is 1. The molecule has 6 nitrogen and oxygen atoms in total. The molecule has 0 aliphatic rings. The average Bonchev–Trinajstić information content (AvgIpc) is 2.79. The van der Waals surface area contributed by atoms with E-state index in [2.05, 4.69) is 4.72 Å². The maximum atomic E-state index is 13.4. The van der Waals surface area contributed by atoms with Crippen molar-refractivity contribution in [1.82, 2.24) is 4.72 Å². The molecule has 168 valence electrons. The summed E-state index contributed by atoms with van der Waals surface area (Å²) in [5.74, 6) is -0.793. The molecule has 0 aliphatic carbocycles. The summed E-state index contributed by atoms with van der Waals surface area (Å²) >= 11 is 0. The van der Waals surface area contributed by atoms with Gasteiger partial charge in [0.2, 0.25) is 10.0 Å². The van der Waals surface area contributed by atoms with E-state index in [9.17, 15) is 18.3 Å². The molecule has 0 fully saturated rings. The van der Waals surface area contributed by atoms with Crippen LogP contribution in [0.4, 0.5) is 0 Å². The second kappa shape index (κ2) is 10.1. The molecule has 0 heterocycles. The minimum absolute atomic E-state index is 0.0970. The predicted octanol–water partition coefficient (Wildman–Crippen LogP) is 3.90. The van der Waals surface area contributed by atoms with E-state index in [1.165, 1.54) is 19.2 Å². The SMILES string of the molecule is COc1ccc([C@@H](O)[C@H](C(=O)c2ccccc2)[C@H](C)NS(=O)(=O)c2ccc(C)cc2)cc1. The van der Waals surface area contributed by atoms with Crippen LogP contribution in [0.5, 0.6) is 5.75 Å². The summed E-state index contributed by atoms with van der Waals surface area (Å²) in [6.45, 7) is 3.45. The van der Waals surface area contributed by atoms with E-state index < -0.39 is 28.1 Å². The number of methoxy groups -OCH3 is 1. The van der Waals surface area contributed by atoms with Crippen LogP contribution in [0.1, 0.15) is 34.5 Å². The van der Waals surface area contributed by atoms with Crippen LogP contribution >= 0.6 is 0 Å². The molecule has 0 saturated carbocycles. The summed E-state index contributed by atoms with van der Waals surface area (Å²) in [4.78, 5) is 13.5. The van der Waals surface area contributed by atoms with E-state index in [4.69, 9.17) is 4.74 Å². The van der Waals surface area contributed by atoms with Crippen molar-refractivity contribution < 1.29 is 23.1 Å². The summed E-state index contributed by atoms with van der Waals surface area (Å²) in [7, 11) is -2.36. The van der Waals surface area contributed by atoms with Gasteiger partial charge in [-0.25, -0.2) is 13.1 Å². The number of aryl methyl sites for hydroxylation is 1. The van der Waals surface area contributed by atoms with E-state index >= 15 is 0 Å². The highest BCUT2D eigenvalue weighted by atomic mass is 32.2. The Morgan fingerprint density at radius 1 is 0.938 bits per heavy atom. The highest BCUT2D eigenvalue weighted by Crippen LogP contribution is 2.30. The third-order valence-corrected chi connectivity index (χ3v) is 6.94. The van der Waals surface area contributed by atoms with Crippen LogP contribution < -0.4 is 9.46 Å². The summed E-state index contributed by atoms with van der Waals surface area (Å²) in [5, 5.41) is 11.2. The number of ether oxygens (including phenoxy) is 1. The highest BCUT2D eigenvalue weighted by Gasteiger charge is 2.36. The lowest BCUT2D eigenvalue weighted by atomic mass is 9.84. The van der Waals surface area contributed by atoms with Gasteiger partial charge in [-0.3, -0.25) is 4.79 Å². The Morgan fingerprint density at radius 3 is 2.09 bits per heavy atom. The molecule has 0 radical (unpaired) electrons. The number of sulfonamides is 1. The van der Waals surface area contributed by atoms with Gasteiger partial charge in [0.25, 0.3) is 0 Å². The van der Waals surface area contributed by atoms with Crippen molar-refractivity contribution in [2.75, 3.05) is 7.11 Å². The Balaban J connectivity index is 1.95. The third kappa shape index (κ3) is 5.43. The summed E-state index contributed by atoms with van der Waals surface area (Å²) < 4.78 is 33.6. The molecule has 3 aromatic rings. The Hall–Kier alpha value is -3.00. The van der Waals surface area contributed by atoms with Gasteiger partial charge in [-0.05, 0) is 43.7 Å². The number of benzene rings is 3. The van der Waals surface area contributed by atoms with Crippen LogP contribution in [0.2, 0.25) is 0 Å². The molecule has 3 atom stereocenters. The summed E-state index contributed by atoms with van der Waals surface area (Å²) in [5.41, 5.74) is 1.82. The normalized spacial score (nSPS) is 14.4. The largest absolute Gasteiger partial charge is 0.497 e. The molecular formula is C25H27NO5S. The number of carbonyl (C=O) groups excluding carboxylic acids is 1. The number of ketones is 1. The molecule has 7 heteroatoms. The fourth-order valence-corrected chi connectivity index (χ4v) is 4.82. The minimum Gasteiger partial charge on any atom is -0.497 e.